The molecule has 3 nitrogen and oxygen atoms in total. The van der Waals surface area contributed by atoms with Crippen molar-refractivity contribution < 1.29 is 9.53 Å². The van der Waals surface area contributed by atoms with Crippen molar-refractivity contribution in [3.05, 3.63) is 34.3 Å². The third kappa shape index (κ3) is 5.91. The van der Waals surface area contributed by atoms with Gasteiger partial charge < -0.3 is 10.1 Å². The van der Waals surface area contributed by atoms with E-state index in [0.717, 1.165) is 10.0 Å². The number of amides is 1. The van der Waals surface area contributed by atoms with E-state index in [-0.39, 0.29) is 18.4 Å². The Morgan fingerprint density at radius 2 is 2.37 bits per heavy atom. The lowest BCUT2D eigenvalue weighted by molar-refractivity contribution is -0.125. The Hall–Kier alpha value is -1.31. The first-order valence-electron chi connectivity index (χ1n) is 6.12. The maximum atomic E-state index is 12.0. The molecule has 1 rings (SSSR count). The van der Waals surface area contributed by atoms with Crippen molar-refractivity contribution in [1.29, 1.82) is 0 Å². The van der Waals surface area contributed by atoms with E-state index in [4.69, 9.17) is 11.2 Å². The number of nitrogens with one attached hydrogen (secondary N) is 1. The number of carbonyl (C=O) groups is 1. The van der Waals surface area contributed by atoms with Crippen LogP contribution in [-0.2, 0) is 16.0 Å². The second-order valence-electron chi connectivity index (χ2n) is 4.23. The molecule has 0 saturated carbocycles. The number of benzene rings is 1. The van der Waals surface area contributed by atoms with Crippen molar-refractivity contribution in [1.82, 2.24) is 5.32 Å². The second-order valence-corrected chi connectivity index (χ2v) is 5.15. The summed E-state index contributed by atoms with van der Waals surface area (Å²) in [5.41, 5.74) is 1.12. The fraction of sp³-hybridized carbons (Fsp3) is 0.400. The number of ether oxygens (including phenoxy) is 1. The standard InChI is InChI=1S/C15H18BrNO2/c1-3-8-17-15(18)13(7-9-19-2)10-12-5-4-6-14(16)11-12/h1,4-6,11,13H,7-10H2,2H3,(H,17,18). The van der Waals surface area contributed by atoms with Crippen LogP contribution in [-0.4, -0.2) is 26.2 Å². The molecule has 0 radical (unpaired) electrons. The van der Waals surface area contributed by atoms with Gasteiger partial charge in [-0.25, -0.2) is 0 Å². The van der Waals surface area contributed by atoms with E-state index >= 15 is 0 Å². The Morgan fingerprint density at radius 1 is 1.58 bits per heavy atom. The second kappa shape index (κ2) is 8.73. The zero-order valence-electron chi connectivity index (χ0n) is 11.0. The first kappa shape index (κ1) is 15.7. The molecule has 1 N–H and O–H groups in total. The molecule has 19 heavy (non-hydrogen) atoms. The first-order chi connectivity index (χ1) is 9.17. The molecule has 1 atom stereocenters. The minimum Gasteiger partial charge on any atom is -0.385 e. The fourth-order valence-electron chi connectivity index (χ4n) is 1.82. The highest BCUT2D eigenvalue weighted by molar-refractivity contribution is 9.10. The summed E-state index contributed by atoms with van der Waals surface area (Å²) >= 11 is 3.43. The minimum absolute atomic E-state index is 0.0185. The van der Waals surface area contributed by atoms with Gasteiger partial charge >= 0.3 is 0 Å². The van der Waals surface area contributed by atoms with Gasteiger partial charge in [-0.05, 0) is 30.5 Å². The molecule has 0 saturated heterocycles. The number of methoxy groups -OCH3 is 1. The van der Waals surface area contributed by atoms with Crippen molar-refractivity contribution in [2.45, 2.75) is 12.8 Å². The molecule has 0 aromatic heterocycles. The maximum Gasteiger partial charge on any atom is 0.224 e. The van der Waals surface area contributed by atoms with E-state index in [0.29, 0.717) is 19.4 Å². The van der Waals surface area contributed by atoms with Gasteiger partial charge in [-0.1, -0.05) is 34.0 Å². The maximum absolute atomic E-state index is 12.0. The van der Waals surface area contributed by atoms with E-state index < -0.39 is 0 Å². The molecule has 0 aliphatic rings. The Kier molecular flexibility index (Phi) is 7.24. The van der Waals surface area contributed by atoms with Crippen molar-refractivity contribution >= 4 is 21.8 Å². The van der Waals surface area contributed by atoms with Gasteiger partial charge in [0, 0.05) is 24.1 Å². The lowest BCUT2D eigenvalue weighted by Gasteiger charge is -2.16. The lowest BCUT2D eigenvalue weighted by Crippen LogP contribution is -2.32. The van der Waals surface area contributed by atoms with Crippen molar-refractivity contribution in [2.24, 2.45) is 5.92 Å². The van der Waals surface area contributed by atoms with Crippen LogP contribution in [0.15, 0.2) is 28.7 Å². The Bertz CT molecular complexity index is 454. The van der Waals surface area contributed by atoms with Gasteiger partial charge in [0.05, 0.1) is 6.54 Å². The van der Waals surface area contributed by atoms with Crippen LogP contribution >= 0.6 is 15.9 Å². The summed E-state index contributed by atoms with van der Waals surface area (Å²) in [6, 6.07) is 7.96. The molecule has 1 aromatic carbocycles. The molecule has 1 amide bonds. The Labute approximate surface area is 122 Å². The van der Waals surface area contributed by atoms with Crippen LogP contribution in [0.4, 0.5) is 0 Å². The predicted octanol–water partition coefficient (Wildman–Crippen LogP) is 2.39. The number of terminal acetylenes is 1. The number of hydrogen-bond acceptors (Lipinski definition) is 2. The number of hydrogen-bond donors (Lipinski definition) is 1. The van der Waals surface area contributed by atoms with Gasteiger partial charge in [-0.2, -0.15) is 0 Å². The first-order valence-corrected chi connectivity index (χ1v) is 6.91. The zero-order valence-corrected chi connectivity index (χ0v) is 12.6. The number of rotatable bonds is 7. The van der Waals surface area contributed by atoms with Gasteiger partial charge in [-0.3, -0.25) is 4.79 Å². The van der Waals surface area contributed by atoms with E-state index in [2.05, 4.69) is 27.2 Å². The van der Waals surface area contributed by atoms with Crippen molar-refractivity contribution in [3.63, 3.8) is 0 Å². The molecule has 0 heterocycles. The van der Waals surface area contributed by atoms with Gasteiger partial charge in [0.2, 0.25) is 5.91 Å². The van der Waals surface area contributed by atoms with Crippen LogP contribution < -0.4 is 5.32 Å². The summed E-state index contributed by atoms with van der Waals surface area (Å²) < 4.78 is 6.07. The van der Waals surface area contributed by atoms with Gasteiger partial charge in [-0.15, -0.1) is 6.42 Å². The minimum atomic E-state index is -0.123. The van der Waals surface area contributed by atoms with Crippen LogP contribution in [0.25, 0.3) is 0 Å². The normalized spacial score (nSPS) is 11.6. The highest BCUT2D eigenvalue weighted by Crippen LogP contribution is 2.17. The summed E-state index contributed by atoms with van der Waals surface area (Å²) in [7, 11) is 1.63. The van der Waals surface area contributed by atoms with Gasteiger partial charge in [0.15, 0.2) is 0 Å². The molecule has 0 spiro atoms. The smallest absolute Gasteiger partial charge is 0.224 e. The SMILES string of the molecule is C#CCNC(=O)C(CCOC)Cc1cccc(Br)c1. The molecule has 1 unspecified atom stereocenters. The van der Waals surface area contributed by atoms with Crippen LogP contribution in [0, 0.1) is 18.3 Å². The predicted molar refractivity (Wildman–Crippen MR) is 79.7 cm³/mol. The van der Waals surface area contributed by atoms with E-state index in [1.54, 1.807) is 7.11 Å². The van der Waals surface area contributed by atoms with Crippen molar-refractivity contribution in [3.8, 4) is 12.3 Å². The van der Waals surface area contributed by atoms with E-state index in [1.807, 2.05) is 24.3 Å². The monoisotopic (exact) mass is 323 g/mol. The van der Waals surface area contributed by atoms with Crippen molar-refractivity contribution in [2.75, 3.05) is 20.3 Å². The zero-order chi connectivity index (χ0) is 14.1. The van der Waals surface area contributed by atoms with Crippen LogP contribution in [0.1, 0.15) is 12.0 Å². The van der Waals surface area contributed by atoms with E-state index in [9.17, 15) is 4.79 Å². The molecule has 0 aliphatic carbocycles. The number of halogens is 1. The Balaban J connectivity index is 2.68. The molecule has 0 aliphatic heterocycles. The summed E-state index contributed by atoms with van der Waals surface area (Å²) in [5, 5.41) is 2.73. The summed E-state index contributed by atoms with van der Waals surface area (Å²) in [6.45, 7) is 0.822. The topological polar surface area (TPSA) is 38.3 Å². The summed E-state index contributed by atoms with van der Waals surface area (Å²) in [5.74, 6) is 2.27. The highest BCUT2D eigenvalue weighted by atomic mass is 79.9. The van der Waals surface area contributed by atoms with Gasteiger partial charge in [0.1, 0.15) is 0 Å². The molecule has 0 bridgehead atoms. The molecule has 4 heteroatoms. The lowest BCUT2D eigenvalue weighted by atomic mass is 9.95. The fourth-order valence-corrected chi connectivity index (χ4v) is 2.26. The summed E-state index contributed by atoms with van der Waals surface area (Å²) in [4.78, 5) is 12.0. The van der Waals surface area contributed by atoms with Crippen LogP contribution in [0.2, 0.25) is 0 Å². The molecular formula is C15H18BrNO2. The molecule has 0 fully saturated rings. The third-order valence-electron chi connectivity index (χ3n) is 2.78. The van der Waals surface area contributed by atoms with E-state index in [1.165, 1.54) is 0 Å². The average molecular weight is 324 g/mol. The van der Waals surface area contributed by atoms with Gasteiger partial charge in [0.25, 0.3) is 0 Å². The molecular weight excluding hydrogens is 306 g/mol. The average Bonchev–Trinajstić information content (AvgIpc) is 2.40. The quantitative estimate of drug-likeness (QED) is 0.782. The van der Waals surface area contributed by atoms with Crippen LogP contribution in [0.5, 0.6) is 0 Å². The largest absolute Gasteiger partial charge is 0.385 e. The summed E-state index contributed by atoms with van der Waals surface area (Å²) in [6.07, 6.45) is 6.51. The third-order valence-corrected chi connectivity index (χ3v) is 3.27. The molecule has 102 valence electrons. The number of carbonyl (C=O) groups excluding carboxylic acids is 1. The Morgan fingerprint density at radius 3 is 3.00 bits per heavy atom. The molecule has 1 aromatic rings. The highest BCUT2D eigenvalue weighted by Gasteiger charge is 2.18. The van der Waals surface area contributed by atoms with Crippen LogP contribution in [0.3, 0.4) is 0 Å².